The summed E-state index contributed by atoms with van der Waals surface area (Å²) in [6.07, 6.45) is 2.43. The second-order valence-corrected chi connectivity index (χ2v) is 8.74. The smallest absolute Gasteiger partial charge is 0.240 e. The van der Waals surface area contributed by atoms with Crippen molar-refractivity contribution in [2.24, 2.45) is 5.92 Å². The van der Waals surface area contributed by atoms with Crippen LogP contribution < -0.4 is 10.0 Å². The van der Waals surface area contributed by atoms with Crippen molar-refractivity contribution < 1.29 is 17.6 Å². The molecule has 1 aliphatic rings. The average Bonchev–Trinajstić information content (AvgIpc) is 2.60. The van der Waals surface area contributed by atoms with Gasteiger partial charge in [0.1, 0.15) is 5.82 Å². The van der Waals surface area contributed by atoms with Gasteiger partial charge in [0.05, 0.1) is 4.90 Å². The number of rotatable bonds is 8. The van der Waals surface area contributed by atoms with Gasteiger partial charge in [-0.05, 0) is 63.0 Å². The van der Waals surface area contributed by atoms with Crippen LogP contribution >= 0.6 is 0 Å². The van der Waals surface area contributed by atoms with E-state index >= 15 is 0 Å². The maximum atomic E-state index is 12.9. The average molecular weight is 386 g/mol. The molecule has 2 rings (SSSR count). The number of hydrogen-bond acceptors (Lipinski definition) is 4. The first-order chi connectivity index (χ1) is 12.3. The maximum absolute atomic E-state index is 12.9. The largest absolute Gasteiger partial charge is 0.355 e. The van der Waals surface area contributed by atoms with Crippen LogP contribution in [0.4, 0.5) is 4.39 Å². The molecule has 0 aromatic heterocycles. The van der Waals surface area contributed by atoms with E-state index in [4.69, 9.17) is 0 Å². The molecule has 1 heterocycles. The second-order valence-electron chi connectivity index (χ2n) is 6.97. The lowest BCUT2D eigenvalue weighted by molar-refractivity contribution is -0.121. The van der Waals surface area contributed by atoms with Crippen LogP contribution in [-0.4, -0.2) is 51.4 Å². The molecule has 0 radical (unpaired) electrons. The molecule has 1 aromatic carbocycles. The van der Waals surface area contributed by atoms with E-state index in [1.807, 2.05) is 0 Å². The highest BCUT2D eigenvalue weighted by Gasteiger charge is 2.20. The number of carbonyl (C=O) groups excluding carboxylic acids is 1. The molecule has 1 saturated heterocycles. The molecular formula is C18H28FN3O3S. The molecule has 0 aliphatic carbocycles. The van der Waals surface area contributed by atoms with Crippen molar-refractivity contribution in [1.29, 1.82) is 0 Å². The molecule has 8 heteroatoms. The van der Waals surface area contributed by atoms with Crippen LogP contribution in [0, 0.1) is 11.7 Å². The number of halogens is 1. The quantitative estimate of drug-likeness (QED) is 0.714. The van der Waals surface area contributed by atoms with Crippen molar-refractivity contribution in [1.82, 2.24) is 14.9 Å². The second kappa shape index (κ2) is 9.43. The number of nitrogens with one attached hydrogen (secondary N) is 2. The number of likely N-dealkylation sites (tertiary alicyclic amines) is 1. The van der Waals surface area contributed by atoms with Crippen LogP contribution in [0.25, 0.3) is 0 Å². The van der Waals surface area contributed by atoms with Gasteiger partial charge in [-0.1, -0.05) is 6.92 Å². The Morgan fingerprint density at radius 2 is 1.88 bits per heavy atom. The van der Waals surface area contributed by atoms with Gasteiger partial charge in [-0.25, -0.2) is 17.5 Å². The number of amides is 1. The van der Waals surface area contributed by atoms with Gasteiger partial charge in [0.15, 0.2) is 0 Å². The van der Waals surface area contributed by atoms with Crippen molar-refractivity contribution in [2.75, 3.05) is 26.2 Å². The number of hydrogen-bond donors (Lipinski definition) is 2. The highest BCUT2D eigenvalue weighted by Crippen LogP contribution is 2.17. The number of sulfonamides is 1. The maximum Gasteiger partial charge on any atom is 0.240 e. The highest BCUT2D eigenvalue weighted by atomic mass is 32.2. The van der Waals surface area contributed by atoms with Crippen molar-refractivity contribution in [2.45, 2.75) is 44.0 Å². The van der Waals surface area contributed by atoms with E-state index in [9.17, 15) is 17.6 Å². The molecule has 2 N–H and O–H groups in total. The molecule has 1 atom stereocenters. The van der Waals surface area contributed by atoms with Gasteiger partial charge in [-0.3, -0.25) is 9.69 Å². The standard InChI is InChI=1S/C18H28FN3O3S/c1-14-8-11-22(12-9-14)15(2)13-20-18(23)7-10-21-26(24,25)17-5-3-16(19)4-6-17/h3-6,14-15,21H,7-13H2,1-2H3,(H,20,23). The van der Waals surface area contributed by atoms with Gasteiger partial charge in [-0.15, -0.1) is 0 Å². The third kappa shape index (κ3) is 6.34. The van der Waals surface area contributed by atoms with Gasteiger partial charge in [-0.2, -0.15) is 0 Å². The Morgan fingerprint density at radius 1 is 1.27 bits per heavy atom. The molecule has 1 aliphatic heterocycles. The SMILES string of the molecule is CC1CCN(C(C)CNC(=O)CCNS(=O)(=O)c2ccc(F)cc2)CC1. The van der Waals surface area contributed by atoms with E-state index in [-0.39, 0.29) is 29.8 Å². The first-order valence-corrected chi connectivity index (χ1v) is 10.5. The zero-order chi connectivity index (χ0) is 19.2. The van der Waals surface area contributed by atoms with Crippen LogP contribution in [-0.2, 0) is 14.8 Å². The summed E-state index contributed by atoms with van der Waals surface area (Å²) in [5.74, 6) is 0.0758. The Balaban J connectivity index is 1.69. The first kappa shape index (κ1) is 20.8. The lowest BCUT2D eigenvalue weighted by Gasteiger charge is -2.35. The molecule has 0 saturated carbocycles. The third-order valence-corrected chi connectivity index (χ3v) is 6.28. The zero-order valence-electron chi connectivity index (χ0n) is 15.4. The van der Waals surface area contributed by atoms with Crippen LogP contribution in [0.15, 0.2) is 29.2 Å². The van der Waals surface area contributed by atoms with Crippen LogP contribution in [0.1, 0.15) is 33.1 Å². The van der Waals surface area contributed by atoms with Crippen LogP contribution in [0.2, 0.25) is 0 Å². The summed E-state index contributed by atoms with van der Waals surface area (Å²) in [7, 11) is -3.73. The van der Waals surface area contributed by atoms with Gasteiger partial charge in [0, 0.05) is 25.6 Å². The summed E-state index contributed by atoms with van der Waals surface area (Å²) in [5.41, 5.74) is 0. The minimum atomic E-state index is -3.73. The van der Waals surface area contributed by atoms with E-state index < -0.39 is 15.8 Å². The first-order valence-electron chi connectivity index (χ1n) is 9.04. The monoisotopic (exact) mass is 385 g/mol. The summed E-state index contributed by atoms with van der Waals surface area (Å²) in [5, 5.41) is 2.86. The summed E-state index contributed by atoms with van der Waals surface area (Å²) in [4.78, 5) is 14.3. The zero-order valence-corrected chi connectivity index (χ0v) is 16.2. The minimum absolute atomic E-state index is 0.00114. The summed E-state index contributed by atoms with van der Waals surface area (Å²) >= 11 is 0. The van der Waals surface area contributed by atoms with E-state index in [1.165, 1.54) is 25.0 Å². The number of nitrogens with zero attached hydrogens (tertiary/aromatic N) is 1. The number of piperidine rings is 1. The van der Waals surface area contributed by atoms with E-state index in [0.717, 1.165) is 31.1 Å². The van der Waals surface area contributed by atoms with E-state index in [0.29, 0.717) is 6.54 Å². The molecule has 146 valence electrons. The Labute approximate surface area is 155 Å². The lowest BCUT2D eigenvalue weighted by Crippen LogP contribution is -2.45. The fourth-order valence-corrected chi connectivity index (χ4v) is 3.98. The van der Waals surface area contributed by atoms with Crippen molar-refractivity contribution in [3.05, 3.63) is 30.1 Å². The third-order valence-electron chi connectivity index (χ3n) is 4.80. The molecule has 1 unspecified atom stereocenters. The minimum Gasteiger partial charge on any atom is -0.355 e. The molecule has 1 aromatic rings. The lowest BCUT2D eigenvalue weighted by atomic mass is 9.98. The molecule has 6 nitrogen and oxygen atoms in total. The fourth-order valence-electron chi connectivity index (χ4n) is 2.94. The normalized spacial score (nSPS) is 17.8. The van der Waals surface area contributed by atoms with Crippen LogP contribution in [0.5, 0.6) is 0 Å². The Hall–Kier alpha value is -1.51. The van der Waals surface area contributed by atoms with E-state index in [2.05, 4.69) is 28.8 Å². The molecular weight excluding hydrogens is 357 g/mol. The predicted octanol–water partition coefficient (Wildman–Crippen LogP) is 1.73. The Morgan fingerprint density at radius 3 is 2.50 bits per heavy atom. The predicted molar refractivity (Wildman–Crippen MR) is 98.6 cm³/mol. The van der Waals surface area contributed by atoms with E-state index in [1.54, 1.807) is 0 Å². The van der Waals surface area contributed by atoms with Crippen molar-refractivity contribution >= 4 is 15.9 Å². The molecule has 26 heavy (non-hydrogen) atoms. The van der Waals surface area contributed by atoms with Crippen LogP contribution in [0.3, 0.4) is 0 Å². The topological polar surface area (TPSA) is 78.5 Å². The highest BCUT2D eigenvalue weighted by molar-refractivity contribution is 7.89. The fraction of sp³-hybridized carbons (Fsp3) is 0.611. The Kier molecular flexibility index (Phi) is 7.55. The summed E-state index contributed by atoms with van der Waals surface area (Å²) in [6.45, 7) is 7.01. The number of benzene rings is 1. The molecule has 1 fully saturated rings. The van der Waals surface area contributed by atoms with Crippen molar-refractivity contribution in [3.63, 3.8) is 0 Å². The summed E-state index contributed by atoms with van der Waals surface area (Å²) < 4.78 is 39.3. The molecule has 0 spiro atoms. The van der Waals surface area contributed by atoms with Gasteiger partial charge < -0.3 is 5.32 Å². The van der Waals surface area contributed by atoms with Crippen molar-refractivity contribution in [3.8, 4) is 0 Å². The van der Waals surface area contributed by atoms with Gasteiger partial charge in [0.25, 0.3) is 0 Å². The summed E-state index contributed by atoms with van der Waals surface area (Å²) in [6, 6.07) is 4.83. The van der Waals surface area contributed by atoms with Gasteiger partial charge in [0.2, 0.25) is 15.9 Å². The molecule has 1 amide bonds. The number of carbonyl (C=O) groups is 1. The Bertz CT molecular complexity index is 686. The molecule has 0 bridgehead atoms. The van der Waals surface area contributed by atoms with Gasteiger partial charge >= 0.3 is 0 Å².